The molecule has 5 heteroatoms. The van der Waals surface area contributed by atoms with Gasteiger partial charge in [-0.25, -0.2) is 0 Å². The molecule has 0 unspecified atom stereocenters. The number of amides is 1. The minimum absolute atomic E-state index is 0.0549. The molecule has 0 aliphatic heterocycles. The Kier molecular flexibility index (Phi) is 2.36. The number of ether oxygens (including phenoxy) is 1. The summed E-state index contributed by atoms with van der Waals surface area (Å²) >= 11 is 0. The molecule has 5 nitrogen and oxygen atoms in total. The van der Waals surface area contributed by atoms with E-state index in [1.807, 2.05) is 0 Å². The standard InChI is InChI=1S/C11H10N2O3/c1-16-8-4-2-3-6-5-7(10(12)14)11(15)13-9(6)8/h2-5H,1H3,(H2,12,14)(H,13,15). The number of aromatic amines is 1. The highest BCUT2D eigenvalue weighted by Crippen LogP contribution is 2.22. The number of para-hydroxylation sites is 1. The van der Waals surface area contributed by atoms with Gasteiger partial charge < -0.3 is 15.5 Å². The van der Waals surface area contributed by atoms with Crippen molar-refractivity contribution in [3.8, 4) is 5.75 Å². The Labute approximate surface area is 90.8 Å². The number of pyridine rings is 1. The number of hydrogen-bond acceptors (Lipinski definition) is 3. The molecular formula is C11H10N2O3. The van der Waals surface area contributed by atoms with E-state index in [4.69, 9.17) is 10.5 Å². The zero-order chi connectivity index (χ0) is 11.7. The summed E-state index contributed by atoms with van der Waals surface area (Å²) in [6.45, 7) is 0. The maximum Gasteiger partial charge on any atom is 0.261 e. The summed E-state index contributed by atoms with van der Waals surface area (Å²) < 4.78 is 5.10. The Hall–Kier alpha value is -2.30. The molecule has 0 aliphatic rings. The lowest BCUT2D eigenvalue weighted by Crippen LogP contribution is -2.23. The molecule has 2 aromatic rings. The molecule has 0 saturated heterocycles. The molecule has 0 fully saturated rings. The van der Waals surface area contributed by atoms with Gasteiger partial charge in [0.15, 0.2) is 0 Å². The summed E-state index contributed by atoms with van der Waals surface area (Å²) in [6.07, 6.45) is 0. The number of carbonyl (C=O) groups excluding carboxylic acids is 1. The number of benzene rings is 1. The quantitative estimate of drug-likeness (QED) is 0.775. The van der Waals surface area contributed by atoms with Crippen molar-refractivity contribution in [1.82, 2.24) is 4.98 Å². The molecule has 2 rings (SSSR count). The summed E-state index contributed by atoms with van der Waals surface area (Å²) in [5.74, 6) is -0.198. The van der Waals surface area contributed by atoms with Crippen molar-refractivity contribution in [3.05, 3.63) is 40.2 Å². The molecule has 0 bridgehead atoms. The van der Waals surface area contributed by atoms with Gasteiger partial charge in [-0.2, -0.15) is 0 Å². The highest BCUT2D eigenvalue weighted by Gasteiger charge is 2.09. The lowest BCUT2D eigenvalue weighted by atomic mass is 10.1. The number of hydrogen-bond donors (Lipinski definition) is 2. The average Bonchev–Trinajstić information content (AvgIpc) is 2.27. The third kappa shape index (κ3) is 1.52. The summed E-state index contributed by atoms with van der Waals surface area (Å²) in [7, 11) is 1.51. The summed E-state index contributed by atoms with van der Waals surface area (Å²) in [5, 5.41) is 0.702. The fourth-order valence-corrected chi connectivity index (χ4v) is 1.56. The fourth-order valence-electron chi connectivity index (χ4n) is 1.56. The highest BCUT2D eigenvalue weighted by atomic mass is 16.5. The van der Waals surface area contributed by atoms with E-state index >= 15 is 0 Å². The van der Waals surface area contributed by atoms with Crippen LogP contribution in [0, 0.1) is 0 Å². The minimum Gasteiger partial charge on any atom is -0.495 e. The first-order valence-electron chi connectivity index (χ1n) is 4.63. The average molecular weight is 218 g/mol. The van der Waals surface area contributed by atoms with Crippen LogP contribution < -0.4 is 16.0 Å². The Bertz CT molecular complexity index is 616. The molecule has 16 heavy (non-hydrogen) atoms. The number of primary amides is 1. The van der Waals surface area contributed by atoms with E-state index < -0.39 is 11.5 Å². The van der Waals surface area contributed by atoms with Crippen LogP contribution in [0.3, 0.4) is 0 Å². The lowest BCUT2D eigenvalue weighted by molar-refractivity contribution is 0.0999. The van der Waals surface area contributed by atoms with E-state index in [-0.39, 0.29) is 5.56 Å². The second kappa shape index (κ2) is 3.69. The first-order valence-corrected chi connectivity index (χ1v) is 4.63. The number of aromatic nitrogens is 1. The topological polar surface area (TPSA) is 85.2 Å². The first-order chi connectivity index (χ1) is 7.63. The molecule has 1 aromatic carbocycles. The third-order valence-corrected chi connectivity index (χ3v) is 2.33. The van der Waals surface area contributed by atoms with Crippen LogP contribution in [-0.4, -0.2) is 18.0 Å². The van der Waals surface area contributed by atoms with Crippen LogP contribution in [0.5, 0.6) is 5.75 Å². The van der Waals surface area contributed by atoms with Crippen molar-refractivity contribution in [2.24, 2.45) is 5.73 Å². The van der Waals surface area contributed by atoms with Gasteiger partial charge in [-0.15, -0.1) is 0 Å². The normalized spacial score (nSPS) is 10.3. The second-order valence-corrected chi connectivity index (χ2v) is 3.30. The predicted molar refractivity (Wildman–Crippen MR) is 59.6 cm³/mol. The van der Waals surface area contributed by atoms with E-state index in [9.17, 15) is 9.59 Å². The Balaban J connectivity index is 2.83. The number of carbonyl (C=O) groups is 1. The summed E-state index contributed by atoms with van der Waals surface area (Å²) in [5.41, 5.74) is 5.08. The van der Waals surface area contributed by atoms with Crippen molar-refractivity contribution < 1.29 is 9.53 Å². The summed E-state index contributed by atoms with van der Waals surface area (Å²) in [6, 6.07) is 6.71. The van der Waals surface area contributed by atoms with Crippen LogP contribution in [0.1, 0.15) is 10.4 Å². The van der Waals surface area contributed by atoms with Gasteiger partial charge in [-0.3, -0.25) is 9.59 Å². The zero-order valence-electron chi connectivity index (χ0n) is 8.61. The predicted octanol–water partition coefficient (Wildman–Crippen LogP) is 0.636. The number of nitrogens with two attached hydrogens (primary N) is 1. The van der Waals surface area contributed by atoms with Crippen LogP contribution >= 0.6 is 0 Å². The molecule has 3 N–H and O–H groups in total. The molecule has 82 valence electrons. The largest absolute Gasteiger partial charge is 0.495 e. The van der Waals surface area contributed by atoms with E-state index in [2.05, 4.69) is 4.98 Å². The molecule has 0 radical (unpaired) electrons. The van der Waals surface area contributed by atoms with Gasteiger partial charge in [-0.05, 0) is 12.1 Å². The molecular weight excluding hydrogens is 208 g/mol. The van der Waals surface area contributed by atoms with Crippen molar-refractivity contribution in [1.29, 1.82) is 0 Å². The smallest absolute Gasteiger partial charge is 0.261 e. The number of fused-ring (bicyclic) bond motifs is 1. The van der Waals surface area contributed by atoms with Gasteiger partial charge in [0.1, 0.15) is 11.3 Å². The fraction of sp³-hybridized carbons (Fsp3) is 0.0909. The molecule has 0 atom stereocenters. The van der Waals surface area contributed by atoms with Crippen molar-refractivity contribution in [2.45, 2.75) is 0 Å². The Morgan fingerprint density at radius 1 is 1.44 bits per heavy atom. The highest BCUT2D eigenvalue weighted by molar-refractivity contribution is 5.97. The molecule has 1 aromatic heterocycles. The Morgan fingerprint density at radius 2 is 2.19 bits per heavy atom. The van der Waals surface area contributed by atoms with Crippen molar-refractivity contribution in [3.63, 3.8) is 0 Å². The first kappa shape index (κ1) is 10.2. The Morgan fingerprint density at radius 3 is 2.81 bits per heavy atom. The van der Waals surface area contributed by atoms with Gasteiger partial charge in [0.05, 0.1) is 12.6 Å². The molecule has 0 spiro atoms. The van der Waals surface area contributed by atoms with Crippen molar-refractivity contribution in [2.75, 3.05) is 7.11 Å². The van der Waals surface area contributed by atoms with Gasteiger partial charge >= 0.3 is 0 Å². The van der Waals surface area contributed by atoms with Crippen LogP contribution in [-0.2, 0) is 0 Å². The third-order valence-electron chi connectivity index (χ3n) is 2.33. The number of H-pyrrole nitrogens is 1. The molecule has 1 amide bonds. The van der Waals surface area contributed by atoms with E-state index in [1.54, 1.807) is 18.2 Å². The van der Waals surface area contributed by atoms with Crippen LogP contribution in [0.15, 0.2) is 29.1 Å². The zero-order valence-corrected chi connectivity index (χ0v) is 8.61. The molecule has 0 aliphatic carbocycles. The monoisotopic (exact) mass is 218 g/mol. The SMILES string of the molecule is COc1cccc2cc(C(N)=O)c(=O)[nH]c12. The second-order valence-electron chi connectivity index (χ2n) is 3.30. The van der Waals surface area contributed by atoms with Gasteiger partial charge in [0, 0.05) is 5.39 Å². The molecule has 0 saturated carbocycles. The van der Waals surface area contributed by atoms with Gasteiger partial charge in [0.2, 0.25) is 0 Å². The number of nitrogens with one attached hydrogen (secondary N) is 1. The maximum atomic E-state index is 11.5. The lowest BCUT2D eigenvalue weighted by Gasteiger charge is -2.05. The van der Waals surface area contributed by atoms with E-state index in [1.165, 1.54) is 13.2 Å². The van der Waals surface area contributed by atoms with Crippen LogP contribution in [0.2, 0.25) is 0 Å². The van der Waals surface area contributed by atoms with Crippen molar-refractivity contribution >= 4 is 16.8 Å². The van der Waals surface area contributed by atoms with Crippen LogP contribution in [0.4, 0.5) is 0 Å². The summed E-state index contributed by atoms with van der Waals surface area (Å²) in [4.78, 5) is 25.1. The van der Waals surface area contributed by atoms with E-state index in [0.717, 1.165) is 0 Å². The number of rotatable bonds is 2. The van der Waals surface area contributed by atoms with E-state index in [0.29, 0.717) is 16.7 Å². The van der Waals surface area contributed by atoms with Gasteiger partial charge in [-0.1, -0.05) is 12.1 Å². The van der Waals surface area contributed by atoms with Gasteiger partial charge in [0.25, 0.3) is 11.5 Å². The molecule has 1 heterocycles. The minimum atomic E-state index is -0.744. The number of methoxy groups -OCH3 is 1. The van der Waals surface area contributed by atoms with Crippen LogP contribution in [0.25, 0.3) is 10.9 Å². The maximum absolute atomic E-state index is 11.5.